The maximum Gasteiger partial charge on any atom is 0.280 e. The van der Waals surface area contributed by atoms with Gasteiger partial charge in [0.1, 0.15) is 27.1 Å². The average Bonchev–Trinajstić information content (AvgIpc) is 3.22. The minimum Gasteiger partial charge on any atom is -0.339 e. The van der Waals surface area contributed by atoms with Crippen LogP contribution in [0.2, 0.25) is 0 Å². The molecular weight excluding hydrogens is 423 g/mol. The van der Waals surface area contributed by atoms with Crippen LogP contribution in [0.1, 0.15) is 12.0 Å². The van der Waals surface area contributed by atoms with Gasteiger partial charge in [0.2, 0.25) is 5.43 Å². The van der Waals surface area contributed by atoms with Gasteiger partial charge in [-0.05, 0) is 36.2 Å². The molecule has 0 bridgehead atoms. The Morgan fingerprint density at radius 2 is 1.77 bits per heavy atom. The largest absolute Gasteiger partial charge is 0.339 e. The summed E-state index contributed by atoms with van der Waals surface area (Å²) in [5.74, 6) is -0.571. The summed E-state index contributed by atoms with van der Waals surface area (Å²) in [5.41, 5.74) is -0.250. The van der Waals surface area contributed by atoms with Gasteiger partial charge in [-0.3, -0.25) is 19.0 Å². The van der Waals surface area contributed by atoms with Crippen LogP contribution in [0.5, 0.6) is 0 Å². The lowest BCUT2D eigenvalue weighted by Crippen LogP contribution is -2.60. The van der Waals surface area contributed by atoms with E-state index in [4.69, 9.17) is 0 Å². The van der Waals surface area contributed by atoms with Gasteiger partial charge in [0.05, 0.1) is 12.2 Å². The second-order valence-corrected chi connectivity index (χ2v) is 8.95. The van der Waals surface area contributed by atoms with Crippen molar-refractivity contribution >= 4 is 27.6 Å². The number of anilines is 1. The fraction of sp³-hybridized carbons (Fsp3) is 0.143. The van der Waals surface area contributed by atoms with Gasteiger partial charge >= 0.3 is 0 Å². The lowest BCUT2D eigenvalue weighted by atomic mass is 10.2. The summed E-state index contributed by atoms with van der Waals surface area (Å²) in [6, 6.07) is 11.9. The lowest BCUT2D eigenvalue weighted by molar-refractivity contribution is 0.454. The summed E-state index contributed by atoms with van der Waals surface area (Å²) < 4.78 is 44.0. The van der Waals surface area contributed by atoms with Crippen molar-refractivity contribution in [2.75, 3.05) is 5.32 Å². The molecule has 0 fully saturated rings. The monoisotopic (exact) mass is 440 g/mol. The summed E-state index contributed by atoms with van der Waals surface area (Å²) >= 11 is 0. The zero-order valence-corrected chi connectivity index (χ0v) is 16.9. The number of nitrogens with zero attached hydrogens (tertiary/aromatic N) is 2. The molecule has 31 heavy (non-hydrogen) atoms. The van der Waals surface area contributed by atoms with Gasteiger partial charge in [-0.2, -0.15) is 0 Å². The minimum atomic E-state index is -3.96. The van der Waals surface area contributed by atoms with Crippen molar-refractivity contribution in [1.29, 1.82) is 0 Å². The third-order valence-corrected chi connectivity index (χ3v) is 6.73. The van der Waals surface area contributed by atoms with Crippen LogP contribution in [0.15, 0.2) is 63.0 Å². The Labute approximate surface area is 175 Å². The molecule has 0 saturated carbocycles. The molecule has 0 radical (unpaired) electrons. The Hall–Kier alpha value is -3.66. The van der Waals surface area contributed by atoms with E-state index in [0.717, 1.165) is 0 Å². The van der Waals surface area contributed by atoms with Crippen LogP contribution in [0.3, 0.4) is 0 Å². The predicted octanol–water partition coefficient (Wildman–Crippen LogP) is -0.149. The quantitative estimate of drug-likeness (QED) is 0.577. The minimum absolute atomic E-state index is 0.0277. The molecule has 2 aliphatic rings. The maximum atomic E-state index is 13.4. The number of nitrogens with one attached hydrogen (secondary N) is 2. The number of halogens is 1. The molecule has 1 aromatic heterocycles. The molecule has 3 aromatic rings. The van der Waals surface area contributed by atoms with Crippen LogP contribution >= 0.6 is 0 Å². The second kappa shape index (κ2) is 6.95. The summed E-state index contributed by atoms with van der Waals surface area (Å²) in [6.45, 7) is 0.544. The van der Waals surface area contributed by atoms with Crippen molar-refractivity contribution in [3.63, 3.8) is 0 Å². The van der Waals surface area contributed by atoms with E-state index < -0.39 is 26.8 Å². The molecule has 10 heteroatoms. The average molecular weight is 440 g/mol. The highest BCUT2D eigenvalue weighted by Gasteiger charge is 2.27. The maximum absolute atomic E-state index is 13.4. The van der Waals surface area contributed by atoms with E-state index in [9.17, 15) is 22.4 Å². The van der Waals surface area contributed by atoms with Crippen molar-refractivity contribution in [3.05, 3.63) is 91.1 Å². The first-order chi connectivity index (χ1) is 14.8. The Bertz CT molecular complexity index is 1570. The van der Waals surface area contributed by atoms with E-state index in [0.29, 0.717) is 23.9 Å². The summed E-state index contributed by atoms with van der Waals surface area (Å²) in [4.78, 5) is 26.6. The third-order valence-electron chi connectivity index (χ3n) is 5.32. The Balaban J connectivity index is 1.79. The molecule has 2 aromatic carbocycles. The van der Waals surface area contributed by atoms with Crippen molar-refractivity contribution in [1.82, 2.24) is 14.1 Å². The number of rotatable bonds is 2. The second-order valence-electron chi connectivity index (χ2n) is 7.30. The topological polar surface area (TPSA) is 102 Å². The molecule has 158 valence electrons. The van der Waals surface area contributed by atoms with Crippen LogP contribution in [-0.2, 0) is 23.1 Å². The van der Waals surface area contributed by atoms with Crippen LogP contribution in [0.25, 0.3) is 11.9 Å². The van der Waals surface area contributed by atoms with Gasteiger partial charge in [0, 0.05) is 6.54 Å². The number of aromatic nitrogens is 2. The standard InChI is InChI=1S/C21H17FN4O4S/c22-14-9-7-13(8-10-14)12-26-21(28)18(19(27)16-5-3-11-25(16)26)20-23-15-4-1-2-6-17(15)31(29,30)24-20/h1-2,4-10,23-24H,3,11-12H2. The van der Waals surface area contributed by atoms with Crippen molar-refractivity contribution in [3.8, 4) is 0 Å². The first-order valence-corrected chi connectivity index (χ1v) is 11.1. The Morgan fingerprint density at radius 3 is 2.55 bits per heavy atom. The molecule has 5 rings (SSSR count). The zero-order chi connectivity index (χ0) is 21.8. The number of benzene rings is 2. The van der Waals surface area contributed by atoms with Crippen LogP contribution in [0.4, 0.5) is 10.1 Å². The zero-order valence-electron chi connectivity index (χ0n) is 16.1. The number of fused-ring (bicyclic) bond motifs is 2. The number of sulfonamides is 1. The highest BCUT2D eigenvalue weighted by Crippen LogP contribution is 2.26. The highest BCUT2D eigenvalue weighted by molar-refractivity contribution is 7.90. The third kappa shape index (κ3) is 3.15. The molecule has 0 saturated heterocycles. The van der Waals surface area contributed by atoms with Crippen molar-refractivity contribution in [2.24, 2.45) is 0 Å². The molecule has 2 N–H and O–H groups in total. The first kappa shape index (κ1) is 19.3. The van der Waals surface area contributed by atoms with Gasteiger partial charge in [-0.1, -0.05) is 30.3 Å². The molecule has 0 aliphatic carbocycles. The van der Waals surface area contributed by atoms with E-state index in [1.807, 2.05) is 0 Å². The fourth-order valence-electron chi connectivity index (χ4n) is 3.88. The van der Waals surface area contributed by atoms with Crippen LogP contribution < -0.4 is 31.6 Å². The predicted molar refractivity (Wildman–Crippen MR) is 113 cm³/mol. The fourth-order valence-corrected chi connectivity index (χ4v) is 5.08. The number of hydrogen-bond acceptors (Lipinski definition) is 5. The summed E-state index contributed by atoms with van der Waals surface area (Å²) in [5, 5.41) is 2.90. The highest BCUT2D eigenvalue weighted by atomic mass is 32.2. The molecule has 0 atom stereocenters. The van der Waals surface area contributed by atoms with Crippen LogP contribution in [-0.4, -0.2) is 17.8 Å². The van der Waals surface area contributed by atoms with E-state index in [1.54, 1.807) is 41.1 Å². The molecular formula is C21H17FN4O4S. The van der Waals surface area contributed by atoms with Gasteiger partial charge in [0.15, 0.2) is 0 Å². The van der Waals surface area contributed by atoms with Gasteiger partial charge in [-0.15, -0.1) is 0 Å². The van der Waals surface area contributed by atoms with E-state index in [-0.39, 0.29) is 28.2 Å². The normalized spacial score (nSPS) is 17.7. The smallest absolute Gasteiger partial charge is 0.280 e. The molecule has 3 heterocycles. The molecule has 0 spiro atoms. The summed E-state index contributed by atoms with van der Waals surface area (Å²) in [6.07, 6.45) is 2.29. The number of hydrogen-bond donors (Lipinski definition) is 2. The van der Waals surface area contributed by atoms with E-state index >= 15 is 0 Å². The summed E-state index contributed by atoms with van der Waals surface area (Å²) in [7, 11) is -3.96. The lowest BCUT2D eigenvalue weighted by Gasteiger charge is -2.22. The van der Waals surface area contributed by atoms with Gasteiger partial charge < -0.3 is 5.32 Å². The molecule has 0 unspecified atom stereocenters. The Kier molecular flexibility index (Phi) is 4.33. The van der Waals surface area contributed by atoms with Crippen molar-refractivity contribution in [2.45, 2.75) is 24.4 Å². The molecule has 8 nitrogen and oxygen atoms in total. The Morgan fingerprint density at radius 1 is 1.03 bits per heavy atom. The van der Waals surface area contributed by atoms with Gasteiger partial charge in [-0.25, -0.2) is 17.5 Å². The first-order valence-electron chi connectivity index (χ1n) is 9.57. The van der Waals surface area contributed by atoms with E-state index in [2.05, 4.69) is 10.0 Å². The van der Waals surface area contributed by atoms with Crippen LogP contribution in [0, 0.1) is 5.82 Å². The SMILES string of the molecule is O=c1c(=C2Nc3ccccc3S(=O)(=O)N2)c(=O)n(Cc2ccc(F)cc2)n2c1=CCC2. The van der Waals surface area contributed by atoms with E-state index in [1.165, 1.54) is 22.9 Å². The van der Waals surface area contributed by atoms with Gasteiger partial charge in [0.25, 0.3) is 15.6 Å². The van der Waals surface area contributed by atoms with Crippen molar-refractivity contribution < 1.29 is 12.8 Å². The molecule has 2 aliphatic heterocycles. The number of para-hydroxylation sites is 1. The molecule has 0 amide bonds.